The summed E-state index contributed by atoms with van der Waals surface area (Å²) >= 11 is 0. The first-order valence-corrected chi connectivity index (χ1v) is 8.48. The zero-order valence-corrected chi connectivity index (χ0v) is 15.9. The zero-order chi connectivity index (χ0) is 25.6. The summed E-state index contributed by atoms with van der Waals surface area (Å²) < 4.78 is 177. The van der Waals surface area contributed by atoms with Crippen molar-refractivity contribution in [2.24, 2.45) is 5.92 Å². The van der Waals surface area contributed by atoms with E-state index in [0.29, 0.717) is 0 Å². The van der Waals surface area contributed by atoms with Gasteiger partial charge in [-0.3, -0.25) is 0 Å². The van der Waals surface area contributed by atoms with E-state index >= 15 is 0 Å². The van der Waals surface area contributed by atoms with Crippen LogP contribution in [0.5, 0.6) is 5.75 Å². The number of benzene rings is 1. The van der Waals surface area contributed by atoms with E-state index in [-0.39, 0.29) is 13.5 Å². The standard InChI is InChI=1S/C17H15F13O2/c1-3-32-10-7-5-4-6-9(10)11(31)8(2)12(18,19)13(20,21)14(22,23)15(24,25)16(26,27)17(28,29)30/h4-8,11,31H,3H2,1-2H3. The van der Waals surface area contributed by atoms with E-state index in [2.05, 4.69) is 0 Å². The monoisotopic (exact) mass is 498 g/mol. The number of ether oxygens (including phenoxy) is 1. The molecule has 2 nitrogen and oxygen atoms in total. The fourth-order valence-electron chi connectivity index (χ4n) is 2.55. The second kappa shape index (κ2) is 8.45. The Balaban J connectivity index is 3.51. The van der Waals surface area contributed by atoms with Crippen molar-refractivity contribution in [2.45, 2.75) is 55.7 Å². The second-order valence-electron chi connectivity index (χ2n) is 6.62. The molecule has 0 heterocycles. The lowest BCUT2D eigenvalue weighted by Crippen LogP contribution is -2.71. The molecule has 0 amide bonds. The number of hydrogen-bond donors (Lipinski definition) is 1. The maximum atomic E-state index is 14.3. The first-order valence-electron chi connectivity index (χ1n) is 8.48. The molecule has 2 atom stereocenters. The summed E-state index contributed by atoms with van der Waals surface area (Å²) in [6.45, 7) is 1.21. The SMILES string of the molecule is CCOc1ccccc1C(O)C(C)C(F)(F)C(F)(F)C(F)(F)C(F)(F)C(F)(F)C(F)(F)F. The predicted molar refractivity (Wildman–Crippen MR) is 82.5 cm³/mol. The minimum absolute atomic E-state index is 0.0164. The Hall–Kier alpha value is -1.93. The number of para-hydroxylation sites is 1. The number of rotatable bonds is 9. The van der Waals surface area contributed by atoms with E-state index in [9.17, 15) is 62.2 Å². The van der Waals surface area contributed by atoms with E-state index < -0.39 is 59.1 Å². The highest BCUT2D eigenvalue weighted by Crippen LogP contribution is 2.62. The summed E-state index contributed by atoms with van der Waals surface area (Å²) in [6, 6.07) is 4.16. The summed E-state index contributed by atoms with van der Waals surface area (Å²) in [4.78, 5) is 0. The molecule has 1 aromatic carbocycles. The van der Waals surface area contributed by atoms with E-state index in [4.69, 9.17) is 4.74 Å². The van der Waals surface area contributed by atoms with Crippen molar-refractivity contribution in [1.29, 1.82) is 0 Å². The second-order valence-corrected chi connectivity index (χ2v) is 6.62. The van der Waals surface area contributed by atoms with Crippen molar-refractivity contribution in [3.8, 4) is 5.75 Å². The highest BCUT2D eigenvalue weighted by Gasteiger charge is 2.91. The van der Waals surface area contributed by atoms with Crippen LogP contribution in [0.25, 0.3) is 0 Å². The average Bonchev–Trinajstić information content (AvgIpc) is 2.66. The molecule has 0 aromatic heterocycles. The van der Waals surface area contributed by atoms with Crippen molar-refractivity contribution in [2.75, 3.05) is 6.61 Å². The third kappa shape index (κ3) is 4.07. The summed E-state index contributed by atoms with van der Waals surface area (Å²) in [5, 5.41) is 10.00. The molecule has 15 heteroatoms. The van der Waals surface area contributed by atoms with Crippen LogP contribution in [0.15, 0.2) is 24.3 Å². The van der Waals surface area contributed by atoms with Crippen LogP contribution in [0.4, 0.5) is 57.1 Å². The van der Waals surface area contributed by atoms with Gasteiger partial charge in [-0.1, -0.05) is 25.1 Å². The number of halogens is 13. The molecule has 0 radical (unpaired) electrons. The Morgan fingerprint density at radius 3 is 1.62 bits per heavy atom. The molecule has 186 valence electrons. The Kier molecular flexibility index (Phi) is 7.42. The Morgan fingerprint density at radius 2 is 1.19 bits per heavy atom. The minimum Gasteiger partial charge on any atom is -0.493 e. The van der Waals surface area contributed by atoms with Crippen LogP contribution in [0.2, 0.25) is 0 Å². The van der Waals surface area contributed by atoms with Crippen molar-refractivity contribution in [1.82, 2.24) is 0 Å². The molecule has 0 bridgehead atoms. The van der Waals surface area contributed by atoms with E-state index in [1.165, 1.54) is 13.0 Å². The van der Waals surface area contributed by atoms with Gasteiger partial charge in [0.2, 0.25) is 0 Å². The predicted octanol–water partition coefficient (Wildman–Crippen LogP) is 6.49. The molecule has 0 aliphatic rings. The number of aliphatic hydroxyl groups is 1. The molecule has 0 aliphatic carbocycles. The van der Waals surface area contributed by atoms with Crippen LogP contribution in [-0.2, 0) is 0 Å². The molecule has 0 saturated carbocycles. The lowest BCUT2D eigenvalue weighted by atomic mass is 9.83. The highest BCUT2D eigenvalue weighted by atomic mass is 19.4. The van der Waals surface area contributed by atoms with E-state index in [0.717, 1.165) is 18.2 Å². The Labute approximate surface area is 172 Å². The van der Waals surface area contributed by atoms with Crippen molar-refractivity contribution in [3.05, 3.63) is 29.8 Å². The van der Waals surface area contributed by atoms with Gasteiger partial charge in [-0.2, -0.15) is 57.1 Å². The average molecular weight is 498 g/mol. The van der Waals surface area contributed by atoms with Gasteiger partial charge in [0, 0.05) is 5.56 Å². The third-order valence-corrected chi connectivity index (χ3v) is 4.54. The fourth-order valence-corrected chi connectivity index (χ4v) is 2.55. The largest absolute Gasteiger partial charge is 0.493 e. The topological polar surface area (TPSA) is 29.5 Å². The van der Waals surface area contributed by atoms with Gasteiger partial charge in [-0.05, 0) is 13.0 Å². The molecule has 0 spiro atoms. The van der Waals surface area contributed by atoms with Gasteiger partial charge in [0.25, 0.3) is 0 Å². The molecule has 2 unspecified atom stereocenters. The highest BCUT2D eigenvalue weighted by molar-refractivity contribution is 5.36. The number of alkyl halides is 13. The Bertz CT molecular complexity index is 789. The Morgan fingerprint density at radius 1 is 0.750 bits per heavy atom. The van der Waals surface area contributed by atoms with Crippen molar-refractivity contribution >= 4 is 0 Å². The molecule has 0 saturated heterocycles. The molecular formula is C17H15F13O2. The molecule has 1 aromatic rings. The van der Waals surface area contributed by atoms with Crippen LogP contribution in [0.1, 0.15) is 25.5 Å². The molecule has 0 aliphatic heterocycles. The van der Waals surface area contributed by atoms with Gasteiger partial charge < -0.3 is 9.84 Å². The third-order valence-electron chi connectivity index (χ3n) is 4.54. The van der Waals surface area contributed by atoms with Crippen molar-refractivity contribution in [3.63, 3.8) is 0 Å². The van der Waals surface area contributed by atoms with Crippen LogP contribution < -0.4 is 4.74 Å². The summed E-state index contributed by atoms with van der Waals surface area (Å²) in [5.74, 6) is -41.4. The molecule has 0 fully saturated rings. The maximum Gasteiger partial charge on any atom is 0.460 e. The van der Waals surface area contributed by atoms with Crippen LogP contribution >= 0.6 is 0 Å². The van der Waals surface area contributed by atoms with Gasteiger partial charge in [-0.25, -0.2) is 0 Å². The van der Waals surface area contributed by atoms with Gasteiger partial charge in [-0.15, -0.1) is 0 Å². The van der Waals surface area contributed by atoms with Gasteiger partial charge in [0.05, 0.1) is 18.6 Å². The summed E-state index contributed by atoms with van der Waals surface area (Å²) in [6.07, 6.45) is -10.3. The summed E-state index contributed by atoms with van der Waals surface area (Å²) in [5.41, 5.74) is -0.687. The van der Waals surface area contributed by atoms with Crippen LogP contribution in [-0.4, -0.2) is 47.5 Å². The molecule has 32 heavy (non-hydrogen) atoms. The van der Waals surface area contributed by atoms with Gasteiger partial charge >= 0.3 is 35.8 Å². The quantitative estimate of drug-likeness (QED) is 0.395. The van der Waals surface area contributed by atoms with Gasteiger partial charge in [0.1, 0.15) is 5.75 Å². The van der Waals surface area contributed by atoms with Gasteiger partial charge in [0.15, 0.2) is 0 Å². The van der Waals surface area contributed by atoms with E-state index in [1.807, 2.05) is 0 Å². The summed E-state index contributed by atoms with van der Waals surface area (Å²) in [7, 11) is 0. The van der Waals surface area contributed by atoms with E-state index in [1.54, 1.807) is 0 Å². The lowest BCUT2D eigenvalue weighted by molar-refractivity contribution is -0.444. The number of hydrogen-bond acceptors (Lipinski definition) is 2. The van der Waals surface area contributed by atoms with Crippen LogP contribution in [0.3, 0.4) is 0 Å². The molecular weight excluding hydrogens is 483 g/mol. The number of aliphatic hydroxyl groups excluding tert-OH is 1. The normalized spacial score (nSPS) is 16.6. The molecule has 1 rings (SSSR count). The first-order chi connectivity index (χ1) is 14.1. The fraction of sp³-hybridized carbons (Fsp3) is 0.647. The zero-order valence-electron chi connectivity index (χ0n) is 15.9. The van der Waals surface area contributed by atoms with Crippen LogP contribution in [0, 0.1) is 5.92 Å². The lowest BCUT2D eigenvalue weighted by Gasteiger charge is -2.42. The maximum absolute atomic E-state index is 14.3. The molecule has 1 N–H and O–H groups in total. The minimum atomic E-state index is -7.99. The first kappa shape index (κ1) is 28.1. The smallest absolute Gasteiger partial charge is 0.460 e. The van der Waals surface area contributed by atoms with Crippen molar-refractivity contribution < 1.29 is 66.9 Å².